The second-order valence-electron chi connectivity index (χ2n) is 5.73. The van der Waals surface area contributed by atoms with Crippen LogP contribution in [0, 0.1) is 0 Å². The Hall–Kier alpha value is -2.36. The van der Waals surface area contributed by atoms with Crippen molar-refractivity contribution in [3.63, 3.8) is 0 Å². The van der Waals surface area contributed by atoms with Gasteiger partial charge in [-0.15, -0.1) is 0 Å². The second kappa shape index (κ2) is 8.84. The molecule has 26 heavy (non-hydrogen) atoms. The zero-order valence-corrected chi connectivity index (χ0v) is 15.8. The number of hydrogen-bond acceptors (Lipinski definition) is 3. The minimum atomic E-state index is 0.341. The molecule has 3 rings (SSSR count). The van der Waals surface area contributed by atoms with Crippen LogP contribution >= 0.6 is 23.2 Å². The molecular formula is C21H19Cl2NO2. The Labute approximate surface area is 163 Å². The molecule has 3 aromatic rings. The lowest BCUT2D eigenvalue weighted by Gasteiger charge is -2.14. The van der Waals surface area contributed by atoms with Gasteiger partial charge in [-0.2, -0.15) is 0 Å². The molecule has 0 saturated heterocycles. The molecule has 3 nitrogen and oxygen atoms in total. The lowest BCUT2D eigenvalue weighted by Crippen LogP contribution is -2.02. The Kier molecular flexibility index (Phi) is 6.26. The summed E-state index contributed by atoms with van der Waals surface area (Å²) in [6.45, 7) is 1.04. The number of anilines is 1. The molecule has 134 valence electrons. The first-order valence-electron chi connectivity index (χ1n) is 8.18. The second-order valence-corrected chi connectivity index (χ2v) is 6.57. The third-order valence-electron chi connectivity index (χ3n) is 3.90. The van der Waals surface area contributed by atoms with E-state index >= 15 is 0 Å². The number of nitrogens with one attached hydrogen (secondary N) is 1. The van der Waals surface area contributed by atoms with Crippen molar-refractivity contribution >= 4 is 28.9 Å². The van der Waals surface area contributed by atoms with Gasteiger partial charge in [0.1, 0.15) is 6.61 Å². The molecule has 0 bridgehead atoms. The van der Waals surface area contributed by atoms with Crippen LogP contribution in [0.3, 0.4) is 0 Å². The number of hydrogen-bond donors (Lipinski definition) is 1. The van der Waals surface area contributed by atoms with Gasteiger partial charge in [0.25, 0.3) is 0 Å². The molecule has 0 aliphatic heterocycles. The molecular weight excluding hydrogens is 369 g/mol. The van der Waals surface area contributed by atoms with Crippen LogP contribution in [0.5, 0.6) is 11.5 Å². The van der Waals surface area contributed by atoms with Gasteiger partial charge in [0.05, 0.1) is 7.11 Å². The highest BCUT2D eigenvalue weighted by atomic mass is 35.5. The van der Waals surface area contributed by atoms with Gasteiger partial charge in [-0.1, -0.05) is 53.5 Å². The third kappa shape index (κ3) is 4.84. The van der Waals surface area contributed by atoms with Crippen LogP contribution in [0.25, 0.3) is 0 Å². The normalized spacial score (nSPS) is 10.4. The maximum absolute atomic E-state index is 6.19. The van der Waals surface area contributed by atoms with Gasteiger partial charge in [0, 0.05) is 27.8 Å². The lowest BCUT2D eigenvalue weighted by molar-refractivity contribution is 0.284. The van der Waals surface area contributed by atoms with E-state index in [1.807, 2.05) is 54.6 Å². The van der Waals surface area contributed by atoms with Gasteiger partial charge in [0.15, 0.2) is 11.5 Å². The minimum absolute atomic E-state index is 0.341. The Morgan fingerprint density at radius 3 is 2.42 bits per heavy atom. The first kappa shape index (κ1) is 18.4. The van der Waals surface area contributed by atoms with E-state index < -0.39 is 0 Å². The molecule has 0 aliphatic carbocycles. The minimum Gasteiger partial charge on any atom is -0.493 e. The van der Waals surface area contributed by atoms with Crippen molar-refractivity contribution in [2.75, 3.05) is 12.4 Å². The Bertz CT molecular complexity index is 869. The Morgan fingerprint density at radius 2 is 1.69 bits per heavy atom. The first-order chi connectivity index (χ1) is 12.7. The number of rotatable bonds is 7. The zero-order valence-electron chi connectivity index (χ0n) is 14.3. The molecule has 0 aromatic heterocycles. The average molecular weight is 388 g/mol. The monoisotopic (exact) mass is 387 g/mol. The highest BCUT2D eigenvalue weighted by Gasteiger charge is 2.08. The predicted molar refractivity (Wildman–Crippen MR) is 108 cm³/mol. The average Bonchev–Trinajstić information content (AvgIpc) is 2.67. The maximum atomic E-state index is 6.19. The van der Waals surface area contributed by atoms with Crippen LogP contribution in [0.4, 0.5) is 5.69 Å². The van der Waals surface area contributed by atoms with Crippen molar-refractivity contribution in [3.8, 4) is 11.5 Å². The van der Waals surface area contributed by atoms with Crippen LogP contribution in [0.15, 0.2) is 66.7 Å². The van der Waals surface area contributed by atoms with Crippen LogP contribution in [0.2, 0.25) is 10.0 Å². The zero-order chi connectivity index (χ0) is 18.4. The summed E-state index contributed by atoms with van der Waals surface area (Å²) in [6, 6.07) is 21.3. The summed E-state index contributed by atoms with van der Waals surface area (Å²) in [6.07, 6.45) is 0. The van der Waals surface area contributed by atoms with E-state index in [1.165, 1.54) is 0 Å². The third-order valence-corrected chi connectivity index (χ3v) is 4.48. The molecule has 0 atom stereocenters. The highest BCUT2D eigenvalue weighted by molar-refractivity contribution is 6.35. The lowest BCUT2D eigenvalue weighted by atomic mass is 10.2. The summed E-state index contributed by atoms with van der Waals surface area (Å²) < 4.78 is 11.3. The number of benzene rings is 3. The molecule has 0 amide bonds. The largest absolute Gasteiger partial charge is 0.493 e. The molecule has 0 radical (unpaired) electrons. The summed E-state index contributed by atoms with van der Waals surface area (Å²) in [5.74, 6) is 1.35. The van der Waals surface area contributed by atoms with Crippen molar-refractivity contribution < 1.29 is 9.47 Å². The van der Waals surface area contributed by atoms with E-state index in [4.69, 9.17) is 32.7 Å². The molecule has 0 unspecified atom stereocenters. The van der Waals surface area contributed by atoms with Crippen LogP contribution in [0.1, 0.15) is 11.1 Å². The van der Waals surface area contributed by atoms with Crippen LogP contribution in [-0.4, -0.2) is 7.11 Å². The van der Waals surface area contributed by atoms with Gasteiger partial charge in [-0.3, -0.25) is 0 Å². The van der Waals surface area contributed by atoms with E-state index in [1.54, 1.807) is 19.2 Å². The maximum Gasteiger partial charge on any atom is 0.161 e. The van der Waals surface area contributed by atoms with Crippen molar-refractivity contribution in [1.29, 1.82) is 0 Å². The predicted octanol–water partition coefficient (Wildman–Crippen LogP) is 6.19. The summed E-state index contributed by atoms with van der Waals surface area (Å²) in [4.78, 5) is 0. The molecule has 0 spiro atoms. The molecule has 0 aliphatic rings. The number of para-hydroxylation sites is 1. The Morgan fingerprint density at radius 1 is 0.885 bits per heavy atom. The molecule has 0 fully saturated rings. The van der Waals surface area contributed by atoms with Crippen molar-refractivity contribution in [2.24, 2.45) is 0 Å². The number of ether oxygens (including phenoxy) is 2. The molecule has 0 saturated carbocycles. The van der Waals surface area contributed by atoms with E-state index in [0.717, 1.165) is 16.8 Å². The number of methoxy groups -OCH3 is 1. The SMILES string of the molecule is COc1cc(CNc2ccccc2)ccc1OCc1ccc(Cl)cc1Cl. The quantitative estimate of drug-likeness (QED) is 0.523. The van der Waals surface area contributed by atoms with Gasteiger partial charge in [-0.25, -0.2) is 0 Å². The van der Waals surface area contributed by atoms with E-state index in [2.05, 4.69) is 5.32 Å². The summed E-state index contributed by atoms with van der Waals surface area (Å²) in [7, 11) is 1.63. The molecule has 3 aromatic carbocycles. The van der Waals surface area contributed by atoms with Crippen molar-refractivity contribution in [1.82, 2.24) is 0 Å². The van der Waals surface area contributed by atoms with Crippen molar-refractivity contribution in [2.45, 2.75) is 13.2 Å². The van der Waals surface area contributed by atoms with E-state index in [0.29, 0.717) is 34.7 Å². The van der Waals surface area contributed by atoms with E-state index in [9.17, 15) is 0 Å². The summed E-state index contributed by atoms with van der Waals surface area (Å²) in [5.41, 5.74) is 3.04. The van der Waals surface area contributed by atoms with Crippen LogP contribution < -0.4 is 14.8 Å². The fourth-order valence-corrected chi connectivity index (χ4v) is 2.96. The topological polar surface area (TPSA) is 30.5 Å². The Balaban J connectivity index is 1.66. The number of halogens is 2. The van der Waals surface area contributed by atoms with Gasteiger partial charge >= 0.3 is 0 Å². The fourth-order valence-electron chi connectivity index (χ4n) is 2.50. The molecule has 1 N–H and O–H groups in total. The van der Waals surface area contributed by atoms with E-state index in [-0.39, 0.29) is 0 Å². The molecule has 5 heteroatoms. The molecule has 0 heterocycles. The fraction of sp³-hybridized carbons (Fsp3) is 0.143. The van der Waals surface area contributed by atoms with Crippen molar-refractivity contribution in [3.05, 3.63) is 87.9 Å². The summed E-state index contributed by atoms with van der Waals surface area (Å²) in [5, 5.41) is 4.56. The summed E-state index contributed by atoms with van der Waals surface area (Å²) >= 11 is 12.1. The highest BCUT2D eigenvalue weighted by Crippen LogP contribution is 2.30. The van der Waals surface area contributed by atoms with Gasteiger partial charge in [0.2, 0.25) is 0 Å². The van der Waals surface area contributed by atoms with Gasteiger partial charge < -0.3 is 14.8 Å². The first-order valence-corrected chi connectivity index (χ1v) is 8.94. The van der Waals surface area contributed by atoms with Gasteiger partial charge in [-0.05, 0) is 42.0 Å². The smallest absolute Gasteiger partial charge is 0.161 e. The van der Waals surface area contributed by atoms with Crippen LogP contribution in [-0.2, 0) is 13.2 Å². The standard InChI is InChI=1S/C21H19Cl2NO2/c1-25-21-11-15(13-24-18-5-3-2-4-6-18)7-10-20(21)26-14-16-8-9-17(22)12-19(16)23/h2-12,24H,13-14H2,1H3.